The minimum Gasteiger partial charge on any atom is -0.319 e. The molecule has 150 valence electrons. The number of hydrogen-bond acceptors (Lipinski definition) is 3. The predicted molar refractivity (Wildman–Crippen MR) is 124 cm³/mol. The highest BCUT2D eigenvalue weighted by Crippen LogP contribution is 2.26. The molecule has 0 bridgehead atoms. The number of nitrogens with one attached hydrogen (secondary N) is 1. The van der Waals surface area contributed by atoms with Crippen molar-refractivity contribution < 1.29 is 4.79 Å². The zero-order valence-corrected chi connectivity index (χ0v) is 18.8. The van der Waals surface area contributed by atoms with Crippen LogP contribution in [0.4, 0.5) is 5.69 Å². The van der Waals surface area contributed by atoms with Gasteiger partial charge in [0.25, 0.3) is 5.91 Å². The maximum absolute atomic E-state index is 12.9. The van der Waals surface area contributed by atoms with E-state index in [0.717, 1.165) is 21.3 Å². The van der Waals surface area contributed by atoms with Crippen molar-refractivity contribution >= 4 is 50.7 Å². The Morgan fingerprint density at radius 3 is 2.40 bits per heavy atom. The first-order valence-corrected chi connectivity index (χ1v) is 10.5. The maximum atomic E-state index is 12.9. The van der Waals surface area contributed by atoms with Crippen LogP contribution in [0.1, 0.15) is 16.2 Å². The average Bonchev–Trinajstić information content (AvgIpc) is 3.18. The van der Waals surface area contributed by atoms with Gasteiger partial charge in [-0.1, -0.05) is 57.3 Å². The molecule has 8 heteroatoms. The van der Waals surface area contributed by atoms with E-state index in [9.17, 15) is 4.79 Å². The molecule has 0 saturated carbocycles. The van der Waals surface area contributed by atoms with E-state index < -0.39 is 5.91 Å². The number of carbonyl (C=O) groups excluding carboxylic acids is 1. The largest absolute Gasteiger partial charge is 0.319 e. The second-order valence-corrected chi connectivity index (χ2v) is 8.28. The van der Waals surface area contributed by atoms with Gasteiger partial charge < -0.3 is 5.32 Å². The normalized spacial score (nSPS) is 10.8. The minimum absolute atomic E-state index is 0.0437. The van der Waals surface area contributed by atoms with Crippen LogP contribution in [-0.4, -0.2) is 20.7 Å². The van der Waals surface area contributed by atoms with Crippen LogP contribution < -0.4 is 5.32 Å². The van der Waals surface area contributed by atoms with Crippen molar-refractivity contribution in [3.8, 4) is 17.1 Å². The van der Waals surface area contributed by atoms with Crippen LogP contribution in [-0.2, 0) is 0 Å². The summed E-state index contributed by atoms with van der Waals surface area (Å²) in [5.41, 5.74) is 2.94. The number of amides is 1. The Balaban J connectivity index is 1.76. The lowest BCUT2D eigenvalue weighted by atomic mass is 10.2. The molecule has 1 amide bonds. The number of nitrogens with zero attached hydrogens (tertiary/aromatic N) is 3. The van der Waals surface area contributed by atoms with Gasteiger partial charge in [-0.25, -0.2) is 9.67 Å². The minimum atomic E-state index is -0.425. The van der Waals surface area contributed by atoms with Gasteiger partial charge in [-0.15, -0.1) is 5.10 Å². The fourth-order valence-corrected chi connectivity index (χ4v) is 3.44. The molecular formula is C22H15BrCl2N4O. The fourth-order valence-electron chi connectivity index (χ4n) is 2.88. The van der Waals surface area contributed by atoms with Gasteiger partial charge in [0.1, 0.15) is 0 Å². The van der Waals surface area contributed by atoms with Gasteiger partial charge in [0.15, 0.2) is 5.82 Å². The van der Waals surface area contributed by atoms with Crippen molar-refractivity contribution in [3.05, 3.63) is 92.6 Å². The van der Waals surface area contributed by atoms with Crippen LogP contribution in [0.25, 0.3) is 17.1 Å². The van der Waals surface area contributed by atoms with E-state index >= 15 is 0 Å². The molecular weight excluding hydrogens is 487 g/mol. The molecule has 30 heavy (non-hydrogen) atoms. The predicted octanol–water partition coefficient (Wildman–Crippen LogP) is 6.56. The second kappa shape index (κ2) is 8.60. The summed E-state index contributed by atoms with van der Waals surface area (Å²) in [6, 6.07) is 20.1. The second-order valence-electron chi connectivity index (χ2n) is 6.52. The first-order chi connectivity index (χ1) is 14.4. The number of anilines is 1. The van der Waals surface area contributed by atoms with Gasteiger partial charge in [0.2, 0.25) is 5.82 Å². The summed E-state index contributed by atoms with van der Waals surface area (Å²) in [6.45, 7) is 1.84. The summed E-state index contributed by atoms with van der Waals surface area (Å²) in [5.74, 6) is 0.159. The van der Waals surface area contributed by atoms with Gasteiger partial charge in [-0.3, -0.25) is 4.79 Å². The Morgan fingerprint density at radius 2 is 1.70 bits per heavy atom. The molecule has 3 aromatic carbocycles. The molecule has 0 aliphatic heterocycles. The zero-order chi connectivity index (χ0) is 21.3. The van der Waals surface area contributed by atoms with E-state index in [0.29, 0.717) is 21.6 Å². The Bertz CT molecular complexity index is 1160. The maximum Gasteiger partial charge on any atom is 0.295 e. The van der Waals surface area contributed by atoms with Crippen molar-refractivity contribution in [3.63, 3.8) is 0 Å². The van der Waals surface area contributed by atoms with E-state index in [1.54, 1.807) is 35.0 Å². The van der Waals surface area contributed by atoms with Crippen molar-refractivity contribution in [2.45, 2.75) is 6.92 Å². The number of halogens is 3. The molecule has 1 heterocycles. The monoisotopic (exact) mass is 500 g/mol. The fraction of sp³-hybridized carbons (Fsp3) is 0.0455. The average molecular weight is 502 g/mol. The van der Waals surface area contributed by atoms with Gasteiger partial charge in [-0.2, -0.15) is 0 Å². The molecule has 0 fully saturated rings. The van der Waals surface area contributed by atoms with Crippen molar-refractivity contribution in [1.29, 1.82) is 0 Å². The van der Waals surface area contributed by atoms with E-state index in [-0.39, 0.29) is 5.82 Å². The highest BCUT2D eigenvalue weighted by molar-refractivity contribution is 9.10. The van der Waals surface area contributed by atoms with E-state index in [1.165, 1.54) is 0 Å². The third-order valence-electron chi connectivity index (χ3n) is 4.50. The summed E-state index contributed by atoms with van der Waals surface area (Å²) in [4.78, 5) is 17.4. The van der Waals surface area contributed by atoms with Crippen LogP contribution in [0, 0.1) is 6.92 Å². The third kappa shape index (κ3) is 4.26. The molecule has 0 spiro atoms. The molecule has 0 aliphatic carbocycles. The van der Waals surface area contributed by atoms with Crippen LogP contribution in [0.5, 0.6) is 0 Å². The highest BCUT2D eigenvalue weighted by Gasteiger charge is 2.20. The van der Waals surface area contributed by atoms with Crippen LogP contribution in [0.15, 0.2) is 71.2 Å². The molecule has 0 aliphatic rings. The lowest BCUT2D eigenvalue weighted by Crippen LogP contribution is -2.15. The van der Waals surface area contributed by atoms with Crippen molar-refractivity contribution in [2.24, 2.45) is 0 Å². The highest BCUT2D eigenvalue weighted by atomic mass is 79.9. The molecule has 1 aromatic heterocycles. The number of hydrogen-bond donors (Lipinski definition) is 1. The number of rotatable bonds is 4. The molecule has 4 aromatic rings. The van der Waals surface area contributed by atoms with E-state index in [4.69, 9.17) is 23.2 Å². The Morgan fingerprint density at radius 1 is 1.00 bits per heavy atom. The van der Waals surface area contributed by atoms with Crippen LogP contribution in [0.2, 0.25) is 10.0 Å². The van der Waals surface area contributed by atoms with Gasteiger partial charge in [0, 0.05) is 25.8 Å². The third-order valence-corrected chi connectivity index (χ3v) is 5.69. The quantitative estimate of drug-likeness (QED) is 0.344. The lowest BCUT2D eigenvalue weighted by Gasteiger charge is -2.07. The van der Waals surface area contributed by atoms with Gasteiger partial charge in [-0.05, 0) is 61.0 Å². The number of carbonyl (C=O) groups is 1. The summed E-state index contributed by atoms with van der Waals surface area (Å²) in [5, 5.41) is 8.48. The van der Waals surface area contributed by atoms with Gasteiger partial charge in [0.05, 0.1) is 5.69 Å². The molecule has 4 rings (SSSR count). The molecule has 1 N–H and O–H groups in total. The van der Waals surface area contributed by atoms with Gasteiger partial charge >= 0.3 is 0 Å². The van der Waals surface area contributed by atoms with E-state index in [1.807, 2.05) is 43.3 Å². The molecule has 0 atom stereocenters. The van der Waals surface area contributed by atoms with Crippen molar-refractivity contribution in [2.75, 3.05) is 5.32 Å². The molecule has 5 nitrogen and oxygen atoms in total. The SMILES string of the molecule is Cc1c(Cl)cccc1NC(=O)c1nc(-c2ccc(Br)cc2)n(-c2ccc(Cl)cc2)n1. The van der Waals surface area contributed by atoms with Crippen molar-refractivity contribution in [1.82, 2.24) is 14.8 Å². The summed E-state index contributed by atoms with van der Waals surface area (Å²) < 4.78 is 2.57. The first kappa shape index (κ1) is 20.6. The molecule has 0 radical (unpaired) electrons. The van der Waals surface area contributed by atoms with E-state index in [2.05, 4.69) is 31.3 Å². The Hall–Kier alpha value is -2.67. The van der Waals surface area contributed by atoms with Crippen LogP contribution in [0.3, 0.4) is 0 Å². The molecule has 0 saturated heterocycles. The molecule has 0 unspecified atom stereocenters. The zero-order valence-electron chi connectivity index (χ0n) is 15.7. The summed E-state index contributed by atoms with van der Waals surface area (Å²) in [6.07, 6.45) is 0. The first-order valence-electron chi connectivity index (χ1n) is 8.98. The Kier molecular flexibility index (Phi) is 5.90. The summed E-state index contributed by atoms with van der Waals surface area (Å²) in [7, 11) is 0. The number of aromatic nitrogens is 3. The topological polar surface area (TPSA) is 59.8 Å². The Labute approximate surface area is 191 Å². The summed E-state index contributed by atoms with van der Waals surface area (Å²) >= 11 is 15.6. The van der Waals surface area contributed by atoms with Crippen LogP contribution >= 0.6 is 39.1 Å². The standard InChI is InChI=1S/C22H15BrCl2N4O/c1-13-18(25)3-2-4-19(13)26-22(30)20-27-21(14-5-7-15(23)8-6-14)29(28-20)17-11-9-16(24)10-12-17/h2-12H,1H3,(H,26,30). The lowest BCUT2D eigenvalue weighted by molar-refractivity contribution is 0.101. The smallest absolute Gasteiger partial charge is 0.295 e. The number of benzene rings is 3.